The van der Waals surface area contributed by atoms with Crippen LogP contribution in [0.15, 0.2) is 53.4 Å². The largest absolute Gasteiger partial charge is 0.497 e. The molecule has 3 rings (SSSR count). The molecule has 1 aliphatic heterocycles. The first-order valence-corrected chi connectivity index (χ1v) is 11.9. The Bertz CT molecular complexity index is 989. The molecule has 2 aromatic carbocycles. The maximum atomic E-state index is 13.0. The molecule has 1 atom stereocenters. The van der Waals surface area contributed by atoms with Crippen molar-refractivity contribution in [3.63, 3.8) is 0 Å². The molecule has 1 N–H and O–H groups in total. The van der Waals surface area contributed by atoms with E-state index in [0.717, 1.165) is 11.3 Å². The van der Waals surface area contributed by atoms with Crippen molar-refractivity contribution in [2.24, 2.45) is 5.92 Å². The van der Waals surface area contributed by atoms with Crippen LogP contribution < -0.4 is 14.8 Å². The van der Waals surface area contributed by atoms with Gasteiger partial charge in [0.25, 0.3) is 0 Å². The first kappa shape index (κ1) is 23.1. The SMILES string of the molecule is COc1ccc(S(=O)(=O)N2CCC[C@@H](C(=O)NCc3cccc(OC(C)C)c3)C2)cc1. The van der Waals surface area contributed by atoms with Gasteiger partial charge in [-0.2, -0.15) is 4.31 Å². The standard InChI is InChI=1S/C23H30N2O5S/c1-17(2)30-21-8-4-6-18(14-21)15-24-23(26)19-7-5-13-25(16-19)31(27,28)22-11-9-20(29-3)10-12-22/h4,6,8-12,14,17,19H,5,7,13,15-16H2,1-3H3,(H,24,26)/t19-/m1/s1. The predicted octanol–water partition coefficient (Wildman–Crippen LogP) is 3.20. The van der Waals surface area contributed by atoms with Crippen molar-refractivity contribution in [1.29, 1.82) is 0 Å². The van der Waals surface area contributed by atoms with Gasteiger partial charge in [0.1, 0.15) is 11.5 Å². The highest BCUT2D eigenvalue weighted by Crippen LogP contribution is 2.25. The second kappa shape index (κ2) is 10.2. The van der Waals surface area contributed by atoms with Gasteiger partial charge in [0.15, 0.2) is 0 Å². The van der Waals surface area contributed by atoms with Gasteiger partial charge in [0.2, 0.25) is 15.9 Å². The van der Waals surface area contributed by atoms with Crippen LogP contribution in [0.3, 0.4) is 0 Å². The van der Waals surface area contributed by atoms with E-state index in [-0.39, 0.29) is 29.4 Å². The smallest absolute Gasteiger partial charge is 0.243 e. The summed E-state index contributed by atoms with van der Waals surface area (Å²) >= 11 is 0. The number of methoxy groups -OCH3 is 1. The van der Waals surface area contributed by atoms with Gasteiger partial charge < -0.3 is 14.8 Å². The Hall–Kier alpha value is -2.58. The Morgan fingerprint density at radius 3 is 2.58 bits per heavy atom. The second-order valence-electron chi connectivity index (χ2n) is 7.91. The van der Waals surface area contributed by atoms with E-state index in [1.54, 1.807) is 12.1 Å². The van der Waals surface area contributed by atoms with Crippen LogP contribution in [-0.2, 0) is 21.4 Å². The van der Waals surface area contributed by atoms with Crippen LogP contribution >= 0.6 is 0 Å². The molecule has 0 bridgehead atoms. The number of nitrogens with one attached hydrogen (secondary N) is 1. The molecule has 0 aliphatic carbocycles. The number of rotatable bonds is 8. The summed E-state index contributed by atoms with van der Waals surface area (Å²) in [6.07, 6.45) is 1.38. The summed E-state index contributed by atoms with van der Waals surface area (Å²) < 4.78 is 38.2. The van der Waals surface area contributed by atoms with E-state index < -0.39 is 10.0 Å². The number of nitrogens with zero attached hydrogens (tertiary/aromatic N) is 1. The third-order valence-corrected chi connectivity index (χ3v) is 7.07. The Morgan fingerprint density at radius 1 is 1.16 bits per heavy atom. The first-order chi connectivity index (χ1) is 14.8. The van der Waals surface area contributed by atoms with Crippen LogP contribution in [0.4, 0.5) is 0 Å². The second-order valence-corrected chi connectivity index (χ2v) is 9.85. The summed E-state index contributed by atoms with van der Waals surface area (Å²) in [5.74, 6) is 0.843. The summed E-state index contributed by atoms with van der Waals surface area (Å²) in [5, 5.41) is 2.94. The molecular weight excluding hydrogens is 416 g/mol. The van der Waals surface area contributed by atoms with Crippen LogP contribution in [0.2, 0.25) is 0 Å². The lowest BCUT2D eigenvalue weighted by Gasteiger charge is -2.31. The van der Waals surface area contributed by atoms with Crippen LogP contribution in [0.5, 0.6) is 11.5 Å². The summed E-state index contributed by atoms with van der Waals surface area (Å²) in [6.45, 7) is 4.88. The van der Waals surface area contributed by atoms with Gasteiger partial charge in [0, 0.05) is 19.6 Å². The number of hydrogen-bond acceptors (Lipinski definition) is 5. The number of sulfonamides is 1. The minimum absolute atomic E-state index is 0.0747. The Balaban J connectivity index is 1.61. The van der Waals surface area contributed by atoms with E-state index in [1.807, 2.05) is 38.1 Å². The van der Waals surface area contributed by atoms with Crippen LogP contribution in [-0.4, -0.2) is 44.9 Å². The van der Waals surface area contributed by atoms with Crippen molar-refractivity contribution in [2.75, 3.05) is 20.2 Å². The van der Waals surface area contributed by atoms with E-state index in [2.05, 4.69) is 5.32 Å². The maximum absolute atomic E-state index is 13.0. The average Bonchev–Trinajstić information content (AvgIpc) is 2.77. The number of amides is 1. The number of piperidine rings is 1. The fourth-order valence-electron chi connectivity index (χ4n) is 3.61. The van der Waals surface area contributed by atoms with E-state index >= 15 is 0 Å². The summed E-state index contributed by atoms with van der Waals surface area (Å²) in [4.78, 5) is 13.0. The molecule has 1 saturated heterocycles. The molecule has 1 amide bonds. The molecule has 0 unspecified atom stereocenters. The first-order valence-electron chi connectivity index (χ1n) is 10.5. The van der Waals surface area contributed by atoms with E-state index in [4.69, 9.17) is 9.47 Å². The van der Waals surface area contributed by atoms with Crippen molar-refractivity contribution in [3.8, 4) is 11.5 Å². The highest BCUT2D eigenvalue weighted by Gasteiger charge is 2.33. The topological polar surface area (TPSA) is 84.9 Å². The summed E-state index contributed by atoms with van der Waals surface area (Å²) in [5.41, 5.74) is 0.935. The molecule has 31 heavy (non-hydrogen) atoms. The number of ether oxygens (including phenoxy) is 2. The molecule has 7 nitrogen and oxygen atoms in total. The van der Waals surface area contributed by atoms with Crippen molar-refractivity contribution in [2.45, 2.75) is 44.2 Å². The molecule has 0 spiro atoms. The molecule has 8 heteroatoms. The Labute approximate surface area is 184 Å². The van der Waals surface area contributed by atoms with Gasteiger partial charge in [-0.25, -0.2) is 8.42 Å². The highest BCUT2D eigenvalue weighted by molar-refractivity contribution is 7.89. The zero-order valence-corrected chi connectivity index (χ0v) is 19.0. The average molecular weight is 447 g/mol. The van der Waals surface area contributed by atoms with E-state index in [9.17, 15) is 13.2 Å². The number of hydrogen-bond donors (Lipinski definition) is 1. The van der Waals surface area contributed by atoms with Gasteiger partial charge >= 0.3 is 0 Å². The minimum Gasteiger partial charge on any atom is -0.497 e. The molecular formula is C23H30N2O5S. The zero-order chi connectivity index (χ0) is 22.4. The van der Waals surface area contributed by atoms with Crippen LogP contribution in [0.25, 0.3) is 0 Å². The van der Waals surface area contributed by atoms with E-state index in [0.29, 0.717) is 31.7 Å². The maximum Gasteiger partial charge on any atom is 0.243 e. The third kappa shape index (κ3) is 5.98. The molecule has 1 heterocycles. The molecule has 0 radical (unpaired) electrons. The van der Waals surface area contributed by atoms with Gasteiger partial charge in [-0.15, -0.1) is 0 Å². The van der Waals surface area contributed by atoms with Crippen LogP contribution in [0, 0.1) is 5.92 Å². The molecule has 1 aliphatic rings. The summed E-state index contributed by atoms with van der Waals surface area (Å²) in [6, 6.07) is 13.9. The Morgan fingerprint density at radius 2 is 1.90 bits per heavy atom. The number of carbonyl (C=O) groups excluding carboxylic acids is 1. The van der Waals surface area contributed by atoms with Gasteiger partial charge in [0.05, 0.1) is 24.0 Å². The normalized spacial score (nSPS) is 17.4. The molecule has 0 saturated carbocycles. The van der Waals surface area contributed by atoms with Gasteiger partial charge in [-0.05, 0) is 68.7 Å². The van der Waals surface area contributed by atoms with Crippen molar-refractivity contribution in [1.82, 2.24) is 9.62 Å². The highest BCUT2D eigenvalue weighted by atomic mass is 32.2. The lowest BCUT2D eigenvalue weighted by molar-refractivity contribution is -0.126. The fraction of sp³-hybridized carbons (Fsp3) is 0.435. The molecule has 2 aromatic rings. The predicted molar refractivity (Wildman–Crippen MR) is 119 cm³/mol. The lowest BCUT2D eigenvalue weighted by atomic mass is 9.99. The number of carbonyl (C=O) groups is 1. The van der Waals surface area contributed by atoms with Crippen LogP contribution in [0.1, 0.15) is 32.3 Å². The fourth-order valence-corrected chi connectivity index (χ4v) is 5.13. The molecule has 0 aromatic heterocycles. The molecule has 1 fully saturated rings. The van der Waals surface area contributed by atoms with Gasteiger partial charge in [-0.3, -0.25) is 4.79 Å². The Kier molecular flexibility index (Phi) is 7.56. The minimum atomic E-state index is -3.66. The monoisotopic (exact) mass is 446 g/mol. The van der Waals surface area contributed by atoms with Gasteiger partial charge in [-0.1, -0.05) is 12.1 Å². The third-order valence-electron chi connectivity index (χ3n) is 5.19. The zero-order valence-electron chi connectivity index (χ0n) is 18.2. The summed E-state index contributed by atoms with van der Waals surface area (Å²) in [7, 11) is -2.12. The number of benzene rings is 2. The lowest BCUT2D eigenvalue weighted by Crippen LogP contribution is -2.45. The van der Waals surface area contributed by atoms with E-state index in [1.165, 1.54) is 23.5 Å². The molecule has 168 valence electrons. The quantitative estimate of drug-likeness (QED) is 0.673. The van der Waals surface area contributed by atoms with Crippen molar-refractivity contribution in [3.05, 3.63) is 54.1 Å². The van der Waals surface area contributed by atoms with Crippen molar-refractivity contribution < 1.29 is 22.7 Å². The van der Waals surface area contributed by atoms with Crippen molar-refractivity contribution >= 4 is 15.9 Å².